The smallest absolute Gasteiger partial charge is 0.304 e. The Balaban J connectivity index is 2.16. The Morgan fingerprint density at radius 1 is 1.42 bits per heavy atom. The van der Waals surface area contributed by atoms with Gasteiger partial charge in [0.05, 0.1) is 10.0 Å². The zero-order valence-corrected chi connectivity index (χ0v) is 10.7. The first-order chi connectivity index (χ1) is 8.97. The molecule has 9 heteroatoms. The molecule has 1 amide bonds. The van der Waals surface area contributed by atoms with Crippen LogP contribution in [0.2, 0.25) is 10.0 Å². The Hall–Kier alpha value is -1.73. The van der Waals surface area contributed by atoms with Crippen molar-refractivity contribution in [2.24, 2.45) is 0 Å². The number of anilines is 1. The Kier molecular flexibility index (Phi) is 3.96. The predicted octanol–water partition coefficient (Wildman–Crippen LogP) is 3.23. The van der Waals surface area contributed by atoms with Crippen molar-refractivity contribution >= 4 is 34.9 Å². The average molecular weight is 307 g/mol. The minimum absolute atomic E-state index is 0.0719. The Labute approximate surface area is 116 Å². The summed E-state index contributed by atoms with van der Waals surface area (Å²) in [5.74, 6) is -0.626. The molecule has 2 rings (SSSR count). The number of hydrogen-bond donors (Lipinski definition) is 1. The van der Waals surface area contributed by atoms with Crippen LogP contribution in [0.3, 0.4) is 0 Å². The summed E-state index contributed by atoms with van der Waals surface area (Å²) < 4.78 is 25.0. The zero-order chi connectivity index (χ0) is 14.0. The van der Waals surface area contributed by atoms with E-state index in [9.17, 15) is 13.6 Å². The number of rotatable bonds is 3. The SMILES string of the molecule is O=C(Nc1ncc(Cl)cc1Cl)c1ccn(C(F)F)n1. The first-order valence-electron chi connectivity index (χ1n) is 4.93. The number of amides is 1. The van der Waals surface area contributed by atoms with Gasteiger partial charge < -0.3 is 5.32 Å². The molecule has 2 aromatic heterocycles. The fourth-order valence-corrected chi connectivity index (χ4v) is 1.67. The standard InChI is InChI=1S/C10H6Cl2F2N4O/c11-5-3-6(12)8(15-4-5)16-9(19)7-1-2-18(17-7)10(13)14/h1-4,10H,(H,15,16,19). The van der Waals surface area contributed by atoms with Crippen molar-refractivity contribution in [2.45, 2.75) is 6.55 Å². The lowest BCUT2D eigenvalue weighted by atomic mass is 10.4. The summed E-state index contributed by atoms with van der Waals surface area (Å²) in [7, 11) is 0. The van der Waals surface area contributed by atoms with Gasteiger partial charge in [-0.3, -0.25) is 4.79 Å². The summed E-state index contributed by atoms with van der Waals surface area (Å²) in [6, 6.07) is 2.55. The number of nitrogens with one attached hydrogen (secondary N) is 1. The van der Waals surface area contributed by atoms with Gasteiger partial charge in [0.1, 0.15) is 0 Å². The van der Waals surface area contributed by atoms with Crippen LogP contribution in [-0.2, 0) is 0 Å². The van der Waals surface area contributed by atoms with Crippen molar-refractivity contribution in [1.29, 1.82) is 0 Å². The molecule has 100 valence electrons. The third-order valence-electron chi connectivity index (χ3n) is 2.08. The third kappa shape index (κ3) is 3.18. The first-order valence-corrected chi connectivity index (χ1v) is 5.68. The summed E-state index contributed by atoms with van der Waals surface area (Å²) in [5, 5.41) is 6.20. The van der Waals surface area contributed by atoms with Crippen LogP contribution in [0.4, 0.5) is 14.6 Å². The van der Waals surface area contributed by atoms with Crippen LogP contribution in [-0.4, -0.2) is 20.7 Å². The summed E-state index contributed by atoms with van der Waals surface area (Å²) >= 11 is 11.5. The minimum atomic E-state index is -2.81. The van der Waals surface area contributed by atoms with Gasteiger partial charge in [0.15, 0.2) is 11.5 Å². The number of nitrogens with zero attached hydrogens (tertiary/aromatic N) is 3. The van der Waals surface area contributed by atoms with E-state index < -0.39 is 12.5 Å². The van der Waals surface area contributed by atoms with Crippen LogP contribution < -0.4 is 5.32 Å². The maximum absolute atomic E-state index is 12.3. The Morgan fingerprint density at radius 2 is 2.16 bits per heavy atom. The van der Waals surface area contributed by atoms with E-state index in [1.807, 2.05) is 0 Å². The van der Waals surface area contributed by atoms with Gasteiger partial charge in [-0.2, -0.15) is 13.9 Å². The molecule has 0 bridgehead atoms. The maximum Gasteiger partial charge on any atom is 0.333 e. The van der Waals surface area contributed by atoms with E-state index in [2.05, 4.69) is 15.4 Å². The fourth-order valence-electron chi connectivity index (χ4n) is 1.25. The maximum atomic E-state index is 12.3. The lowest BCUT2D eigenvalue weighted by molar-refractivity contribution is 0.0561. The van der Waals surface area contributed by atoms with Crippen molar-refractivity contribution in [3.63, 3.8) is 0 Å². The first kappa shape index (κ1) is 13.7. The van der Waals surface area contributed by atoms with Gasteiger partial charge in [-0.25, -0.2) is 9.67 Å². The zero-order valence-electron chi connectivity index (χ0n) is 9.15. The molecule has 0 fully saturated rings. The second kappa shape index (κ2) is 5.50. The van der Waals surface area contributed by atoms with E-state index in [-0.39, 0.29) is 16.5 Å². The highest BCUT2D eigenvalue weighted by atomic mass is 35.5. The number of carbonyl (C=O) groups excluding carboxylic acids is 1. The van der Waals surface area contributed by atoms with E-state index in [4.69, 9.17) is 23.2 Å². The molecular weight excluding hydrogens is 301 g/mol. The van der Waals surface area contributed by atoms with Crippen molar-refractivity contribution in [2.75, 3.05) is 5.32 Å². The predicted molar refractivity (Wildman–Crippen MR) is 65.7 cm³/mol. The highest BCUT2D eigenvalue weighted by Crippen LogP contribution is 2.22. The van der Waals surface area contributed by atoms with Crippen molar-refractivity contribution < 1.29 is 13.6 Å². The van der Waals surface area contributed by atoms with Gasteiger partial charge in [-0.15, -0.1) is 0 Å². The lowest BCUT2D eigenvalue weighted by Crippen LogP contribution is -2.14. The highest BCUT2D eigenvalue weighted by Gasteiger charge is 2.15. The van der Waals surface area contributed by atoms with Crippen molar-refractivity contribution in [1.82, 2.24) is 14.8 Å². The molecule has 0 unspecified atom stereocenters. The quantitative estimate of drug-likeness (QED) is 0.947. The Morgan fingerprint density at radius 3 is 2.74 bits per heavy atom. The molecule has 0 spiro atoms. The van der Waals surface area contributed by atoms with Gasteiger partial charge in [-0.1, -0.05) is 23.2 Å². The molecule has 0 atom stereocenters. The summed E-state index contributed by atoms with van der Waals surface area (Å²) in [5.41, 5.74) is -0.173. The number of halogens is 4. The van der Waals surface area contributed by atoms with Crippen LogP contribution in [0.15, 0.2) is 24.5 Å². The third-order valence-corrected chi connectivity index (χ3v) is 2.58. The van der Waals surface area contributed by atoms with Crippen molar-refractivity contribution in [3.8, 4) is 0 Å². The normalized spacial score (nSPS) is 10.8. The van der Waals surface area contributed by atoms with Gasteiger partial charge >= 0.3 is 6.55 Å². The van der Waals surface area contributed by atoms with Crippen LogP contribution in [0.5, 0.6) is 0 Å². The molecule has 19 heavy (non-hydrogen) atoms. The molecule has 1 N–H and O–H groups in total. The molecule has 0 aliphatic heterocycles. The van der Waals surface area contributed by atoms with Crippen LogP contribution in [0, 0.1) is 0 Å². The van der Waals surface area contributed by atoms with E-state index >= 15 is 0 Å². The number of carbonyl (C=O) groups is 1. The number of hydrogen-bond acceptors (Lipinski definition) is 3. The van der Waals surface area contributed by atoms with E-state index in [0.717, 1.165) is 12.3 Å². The second-order valence-corrected chi connectivity index (χ2v) is 4.24. The second-order valence-electron chi connectivity index (χ2n) is 3.40. The van der Waals surface area contributed by atoms with E-state index in [1.165, 1.54) is 12.3 Å². The Bertz CT molecular complexity index is 617. The largest absolute Gasteiger partial charge is 0.333 e. The molecule has 0 aliphatic carbocycles. The monoisotopic (exact) mass is 306 g/mol. The number of pyridine rings is 1. The molecule has 0 saturated carbocycles. The lowest BCUT2D eigenvalue weighted by Gasteiger charge is -2.04. The molecular formula is C10H6Cl2F2N4O. The molecule has 0 saturated heterocycles. The molecule has 2 heterocycles. The van der Waals surface area contributed by atoms with Crippen LogP contribution in [0.25, 0.3) is 0 Å². The van der Waals surface area contributed by atoms with Crippen LogP contribution >= 0.6 is 23.2 Å². The topological polar surface area (TPSA) is 59.8 Å². The fraction of sp³-hybridized carbons (Fsp3) is 0.100. The average Bonchev–Trinajstić information content (AvgIpc) is 2.82. The molecule has 5 nitrogen and oxygen atoms in total. The van der Waals surface area contributed by atoms with E-state index in [1.54, 1.807) is 0 Å². The molecule has 0 aromatic carbocycles. The summed E-state index contributed by atoms with van der Waals surface area (Å²) in [4.78, 5) is 15.5. The number of alkyl halides is 2. The summed E-state index contributed by atoms with van der Waals surface area (Å²) in [6.45, 7) is -2.81. The summed E-state index contributed by atoms with van der Waals surface area (Å²) in [6.07, 6.45) is 2.29. The van der Waals surface area contributed by atoms with Crippen molar-refractivity contribution in [3.05, 3.63) is 40.3 Å². The van der Waals surface area contributed by atoms with Gasteiger partial charge in [0.25, 0.3) is 5.91 Å². The van der Waals surface area contributed by atoms with Gasteiger partial charge in [0, 0.05) is 12.4 Å². The highest BCUT2D eigenvalue weighted by molar-refractivity contribution is 6.36. The molecule has 0 aliphatic rings. The van der Waals surface area contributed by atoms with Gasteiger partial charge in [-0.05, 0) is 12.1 Å². The molecule has 0 radical (unpaired) electrons. The van der Waals surface area contributed by atoms with Gasteiger partial charge in [0.2, 0.25) is 0 Å². The molecule has 2 aromatic rings. The van der Waals surface area contributed by atoms with E-state index in [0.29, 0.717) is 9.70 Å². The number of aromatic nitrogens is 3. The van der Waals surface area contributed by atoms with Crippen LogP contribution in [0.1, 0.15) is 17.0 Å². The minimum Gasteiger partial charge on any atom is -0.304 e.